The summed E-state index contributed by atoms with van der Waals surface area (Å²) in [5.41, 5.74) is 0.0309. The molecule has 72 valence electrons. The number of aliphatic hydroxyl groups is 1. The van der Waals surface area contributed by atoms with E-state index >= 15 is 0 Å². The molecule has 0 heterocycles. The fraction of sp³-hybridized carbons (Fsp3) is 0.333. The molecule has 0 saturated carbocycles. The Kier molecular flexibility index (Phi) is 3.81. The Labute approximate surface area is 83.5 Å². The third-order valence-corrected chi connectivity index (χ3v) is 2.34. The molecule has 0 aliphatic heterocycles. The Balaban J connectivity index is 2.96. The largest absolute Gasteiger partial charge is 0.396 e. The van der Waals surface area contributed by atoms with Gasteiger partial charge in [0.1, 0.15) is 11.6 Å². The SMILES string of the molecule is OCCCc1c(F)ccc(Br)c1F. The number of aliphatic hydroxyl groups excluding tert-OH is 1. The molecular weight excluding hydrogens is 242 g/mol. The molecule has 13 heavy (non-hydrogen) atoms. The molecule has 1 N–H and O–H groups in total. The molecule has 0 aliphatic carbocycles. The predicted molar refractivity (Wildman–Crippen MR) is 49.5 cm³/mol. The van der Waals surface area contributed by atoms with E-state index in [1.54, 1.807) is 0 Å². The van der Waals surface area contributed by atoms with E-state index in [2.05, 4.69) is 15.9 Å². The highest BCUT2D eigenvalue weighted by Gasteiger charge is 2.11. The molecular formula is C9H9BrF2O. The minimum absolute atomic E-state index is 0.0309. The lowest BCUT2D eigenvalue weighted by Crippen LogP contribution is -1.98. The molecule has 0 spiro atoms. The van der Waals surface area contributed by atoms with Gasteiger partial charge in [0.25, 0.3) is 0 Å². The van der Waals surface area contributed by atoms with Crippen molar-refractivity contribution in [2.24, 2.45) is 0 Å². The zero-order valence-electron chi connectivity index (χ0n) is 6.86. The smallest absolute Gasteiger partial charge is 0.143 e. The summed E-state index contributed by atoms with van der Waals surface area (Å²) in [7, 11) is 0. The van der Waals surface area contributed by atoms with E-state index in [0.717, 1.165) is 0 Å². The standard InChI is InChI=1S/C9H9BrF2O/c10-7-3-4-8(11)6(9(7)12)2-1-5-13/h3-4,13H,1-2,5H2. The number of benzene rings is 1. The first-order chi connectivity index (χ1) is 6.16. The molecule has 0 radical (unpaired) electrons. The average molecular weight is 251 g/mol. The van der Waals surface area contributed by atoms with E-state index in [0.29, 0.717) is 6.42 Å². The molecule has 1 aromatic rings. The fourth-order valence-electron chi connectivity index (χ4n) is 1.05. The van der Waals surface area contributed by atoms with Crippen LogP contribution in [0.1, 0.15) is 12.0 Å². The molecule has 0 atom stereocenters. The number of rotatable bonds is 3. The Hall–Kier alpha value is -0.480. The summed E-state index contributed by atoms with van der Waals surface area (Å²) in [6.45, 7) is -0.0641. The van der Waals surface area contributed by atoms with Crippen LogP contribution in [0.15, 0.2) is 16.6 Å². The van der Waals surface area contributed by atoms with Crippen LogP contribution in [0.3, 0.4) is 0 Å². The molecule has 0 aliphatic rings. The van der Waals surface area contributed by atoms with Crippen molar-refractivity contribution >= 4 is 15.9 Å². The van der Waals surface area contributed by atoms with Crippen LogP contribution >= 0.6 is 15.9 Å². The van der Waals surface area contributed by atoms with E-state index in [4.69, 9.17) is 5.11 Å². The zero-order valence-corrected chi connectivity index (χ0v) is 8.44. The highest BCUT2D eigenvalue weighted by atomic mass is 79.9. The van der Waals surface area contributed by atoms with Crippen molar-refractivity contribution in [3.63, 3.8) is 0 Å². The van der Waals surface area contributed by atoms with Crippen LogP contribution in [-0.4, -0.2) is 11.7 Å². The molecule has 0 bridgehead atoms. The van der Waals surface area contributed by atoms with Crippen molar-refractivity contribution in [1.29, 1.82) is 0 Å². The van der Waals surface area contributed by atoms with E-state index < -0.39 is 11.6 Å². The normalized spacial score (nSPS) is 10.5. The lowest BCUT2D eigenvalue weighted by Gasteiger charge is -2.04. The Morgan fingerprint density at radius 3 is 2.62 bits per heavy atom. The number of halogens is 3. The van der Waals surface area contributed by atoms with Crippen LogP contribution in [0.25, 0.3) is 0 Å². The molecule has 1 rings (SSSR count). The number of hydrogen-bond donors (Lipinski definition) is 1. The Morgan fingerprint density at radius 2 is 2.00 bits per heavy atom. The van der Waals surface area contributed by atoms with Crippen LogP contribution in [0.5, 0.6) is 0 Å². The Bertz CT molecular complexity index is 302. The van der Waals surface area contributed by atoms with Crippen LogP contribution in [-0.2, 0) is 6.42 Å². The fourth-order valence-corrected chi connectivity index (χ4v) is 1.43. The van der Waals surface area contributed by atoms with Crippen LogP contribution in [0.4, 0.5) is 8.78 Å². The van der Waals surface area contributed by atoms with Gasteiger partial charge in [-0.3, -0.25) is 0 Å². The van der Waals surface area contributed by atoms with Gasteiger partial charge >= 0.3 is 0 Å². The highest BCUT2D eigenvalue weighted by Crippen LogP contribution is 2.22. The van der Waals surface area contributed by atoms with Gasteiger partial charge in [0, 0.05) is 12.2 Å². The lowest BCUT2D eigenvalue weighted by atomic mass is 10.1. The van der Waals surface area contributed by atoms with Gasteiger partial charge in [-0.1, -0.05) is 0 Å². The minimum atomic E-state index is -0.576. The summed E-state index contributed by atoms with van der Waals surface area (Å²) in [5, 5.41) is 8.52. The van der Waals surface area contributed by atoms with E-state index in [1.807, 2.05) is 0 Å². The van der Waals surface area contributed by atoms with Crippen molar-refractivity contribution < 1.29 is 13.9 Å². The second kappa shape index (κ2) is 4.67. The van der Waals surface area contributed by atoms with Crippen molar-refractivity contribution in [3.05, 3.63) is 33.8 Å². The first kappa shape index (κ1) is 10.6. The molecule has 0 amide bonds. The maximum absolute atomic E-state index is 13.2. The number of hydrogen-bond acceptors (Lipinski definition) is 1. The lowest BCUT2D eigenvalue weighted by molar-refractivity contribution is 0.287. The maximum atomic E-state index is 13.2. The Morgan fingerprint density at radius 1 is 1.31 bits per heavy atom. The second-order valence-electron chi connectivity index (χ2n) is 2.65. The van der Waals surface area contributed by atoms with Gasteiger partial charge in [0.05, 0.1) is 4.47 Å². The van der Waals surface area contributed by atoms with Crippen LogP contribution < -0.4 is 0 Å². The van der Waals surface area contributed by atoms with Gasteiger partial charge in [-0.25, -0.2) is 8.78 Å². The summed E-state index contributed by atoms with van der Waals surface area (Å²) < 4.78 is 26.5. The van der Waals surface area contributed by atoms with Gasteiger partial charge in [0.15, 0.2) is 0 Å². The predicted octanol–water partition coefficient (Wildman–Crippen LogP) is 2.65. The van der Waals surface area contributed by atoms with Crippen molar-refractivity contribution in [1.82, 2.24) is 0 Å². The minimum Gasteiger partial charge on any atom is -0.396 e. The molecule has 4 heteroatoms. The highest BCUT2D eigenvalue weighted by molar-refractivity contribution is 9.10. The molecule has 1 aromatic carbocycles. The topological polar surface area (TPSA) is 20.2 Å². The maximum Gasteiger partial charge on any atom is 0.143 e. The van der Waals surface area contributed by atoms with Crippen molar-refractivity contribution in [3.8, 4) is 0 Å². The zero-order chi connectivity index (χ0) is 9.84. The van der Waals surface area contributed by atoms with Gasteiger partial charge in [-0.05, 0) is 40.9 Å². The molecule has 0 unspecified atom stereocenters. The van der Waals surface area contributed by atoms with E-state index in [1.165, 1.54) is 12.1 Å². The summed E-state index contributed by atoms with van der Waals surface area (Å²) in [5.74, 6) is -1.14. The van der Waals surface area contributed by atoms with Gasteiger partial charge < -0.3 is 5.11 Å². The molecule has 0 aromatic heterocycles. The van der Waals surface area contributed by atoms with E-state index in [9.17, 15) is 8.78 Å². The van der Waals surface area contributed by atoms with Crippen LogP contribution in [0, 0.1) is 11.6 Å². The monoisotopic (exact) mass is 250 g/mol. The quantitative estimate of drug-likeness (QED) is 0.819. The second-order valence-corrected chi connectivity index (χ2v) is 3.50. The van der Waals surface area contributed by atoms with Crippen molar-refractivity contribution in [2.45, 2.75) is 12.8 Å². The van der Waals surface area contributed by atoms with Gasteiger partial charge in [0.2, 0.25) is 0 Å². The average Bonchev–Trinajstić information content (AvgIpc) is 2.12. The summed E-state index contributed by atoms with van der Waals surface area (Å²) in [6.07, 6.45) is 0.581. The third kappa shape index (κ3) is 2.48. The van der Waals surface area contributed by atoms with Crippen molar-refractivity contribution in [2.75, 3.05) is 6.61 Å². The van der Waals surface area contributed by atoms with E-state index in [-0.39, 0.29) is 23.1 Å². The summed E-state index contributed by atoms with van der Waals surface area (Å²) >= 11 is 2.97. The summed E-state index contributed by atoms with van der Waals surface area (Å²) in [4.78, 5) is 0. The van der Waals surface area contributed by atoms with Gasteiger partial charge in [-0.2, -0.15) is 0 Å². The molecule has 1 nitrogen and oxygen atoms in total. The van der Waals surface area contributed by atoms with Crippen LogP contribution in [0.2, 0.25) is 0 Å². The van der Waals surface area contributed by atoms with Gasteiger partial charge in [-0.15, -0.1) is 0 Å². The summed E-state index contributed by atoms with van der Waals surface area (Å²) in [6, 6.07) is 2.53. The first-order valence-corrected chi connectivity index (χ1v) is 4.69. The first-order valence-electron chi connectivity index (χ1n) is 3.90. The molecule has 0 saturated heterocycles. The molecule has 0 fully saturated rings. The third-order valence-electron chi connectivity index (χ3n) is 1.72.